The van der Waals surface area contributed by atoms with Gasteiger partial charge in [-0.1, -0.05) is 0 Å². The van der Waals surface area contributed by atoms with Gasteiger partial charge in [0.2, 0.25) is 11.8 Å². The largest absolute Gasteiger partial charge is 0.396 e. The van der Waals surface area contributed by atoms with E-state index in [1.807, 2.05) is 11.9 Å². The zero-order chi connectivity index (χ0) is 15.8. The number of carbonyl (C=O) groups excluding carboxylic acids is 2. The fourth-order valence-corrected chi connectivity index (χ4v) is 1.67. The molecule has 0 aliphatic carbocycles. The molecule has 0 spiro atoms. The van der Waals surface area contributed by atoms with E-state index < -0.39 is 5.82 Å². The van der Waals surface area contributed by atoms with E-state index in [9.17, 15) is 14.0 Å². The lowest BCUT2D eigenvalue weighted by Crippen LogP contribution is -2.29. The molecule has 2 amide bonds. The molecule has 0 saturated heterocycles. The van der Waals surface area contributed by atoms with Crippen LogP contribution in [0.1, 0.15) is 12.8 Å². The molecule has 0 fully saturated rings. The topological polar surface area (TPSA) is 87.5 Å². The van der Waals surface area contributed by atoms with Gasteiger partial charge in [0.15, 0.2) is 0 Å². The highest BCUT2D eigenvalue weighted by atomic mass is 19.1. The average Bonchev–Trinajstić information content (AvgIpc) is 2.46. The average molecular weight is 296 g/mol. The number of nitrogens with one attached hydrogen (secondary N) is 2. The summed E-state index contributed by atoms with van der Waals surface area (Å²) in [6, 6.07) is 4.04. The second-order valence-electron chi connectivity index (χ2n) is 4.76. The van der Waals surface area contributed by atoms with Crippen LogP contribution in [0.5, 0.6) is 0 Å². The second kappa shape index (κ2) is 8.21. The Kier molecular flexibility index (Phi) is 6.61. The molecule has 1 aromatic rings. The van der Waals surface area contributed by atoms with E-state index in [0.29, 0.717) is 25.2 Å². The molecule has 0 radical (unpaired) electrons. The molecule has 0 aliphatic rings. The third-order valence-electron chi connectivity index (χ3n) is 3.00. The van der Waals surface area contributed by atoms with Crippen LogP contribution < -0.4 is 16.4 Å². The van der Waals surface area contributed by atoms with Crippen LogP contribution in [0, 0.1) is 5.82 Å². The maximum Gasteiger partial charge on any atom is 0.225 e. The number of nitrogen functional groups attached to an aromatic ring is 1. The Balaban J connectivity index is 2.33. The van der Waals surface area contributed by atoms with Crippen molar-refractivity contribution < 1.29 is 14.0 Å². The van der Waals surface area contributed by atoms with E-state index in [2.05, 4.69) is 10.6 Å². The lowest BCUT2D eigenvalue weighted by molar-refractivity contribution is -0.120. The van der Waals surface area contributed by atoms with Crippen molar-refractivity contribution in [3.05, 3.63) is 24.0 Å². The summed E-state index contributed by atoms with van der Waals surface area (Å²) in [6.07, 6.45) is 0.671. The molecule has 0 bridgehead atoms. The fourth-order valence-electron chi connectivity index (χ4n) is 1.67. The Morgan fingerprint density at radius 1 is 1.24 bits per heavy atom. The summed E-state index contributed by atoms with van der Waals surface area (Å²) in [5.74, 6) is -0.733. The van der Waals surface area contributed by atoms with Gasteiger partial charge in [0.25, 0.3) is 0 Å². The van der Waals surface area contributed by atoms with E-state index in [0.717, 1.165) is 0 Å². The maximum absolute atomic E-state index is 13.0. The zero-order valence-electron chi connectivity index (χ0n) is 12.3. The molecule has 7 heteroatoms. The van der Waals surface area contributed by atoms with Crippen molar-refractivity contribution in [3.8, 4) is 0 Å². The van der Waals surface area contributed by atoms with Gasteiger partial charge in [-0.3, -0.25) is 9.59 Å². The minimum absolute atomic E-state index is 0.00417. The molecule has 0 heterocycles. The van der Waals surface area contributed by atoms with E-state index in [1.165, 1.54) is 18.2 Å². The Bertz CT molecular complexity index is 508. The van der Waals surface area contributed by atoms with Gasteiger partial charge in [-0.15, -0.1) is 0 Å². The number of anilines is 2. The van der Waals surface area contributed by atoms with Crippen molar-refractivity contribution in [3.63, 3.8) is 0 Å². The molecule has 6 nitrogen and oxygen atoms in total. The first kappa shape index (κ1) is 16.9. The molecule has 4 N–H and O–H groups in total. The van der Waals surface area contributed by atoms with Crippen LogP contribution in [0.25, 0.3) is 0 Å². The third-order valence-corrected chi connectivity index (χ3v) is 3.00. The normalized spacial score (nSPS) is 10.5. The summed E-state index contributed by atoms with van der Waals surface area (Å²) in [5, 5.41) is 5.19. The molecule has 0 atom stereocenters. The number of benzene rings is 1. The Morgan fingerprint density at radius 3 is 2.43 bits per heavy atom. The molecule has 1 aromatic carbocycles. The summed E-state index contributed by atoms with van der Waals surface area (Å²) in [4.78, 5) is 24.7. The molecular weight excluding hydrogens is 275 g/mol. The summed E-state index contributed by atoms with van der Waals surface area (Å²) < 4.78 is 13.0. The van der Waals surface area contributed by atoms with Crippen molar-refractivity contribution in [1.82, 2.24) is 10.2 Å². The maximum atomic E-state index is 13.0. The lowest BCUT2D eigenvalue weighted by atomic mass is 10.2. The number of carbonyl (C=O) groups is 2. The Morgan fingerprint density at radius 2 is 1.86 bits per heavy atom. The Labute approximate surface area is 123 Å². The number of hydrogen-bond donors (Lipinski definition) is 3. The minimum Gasteiger partial charge on any atom is -0.396 e. The highest BCUT2D eigenvalue weighted by Crippen LogP contribution is 2.16. The number of amides is 2. The van der Waals surface area contributed by atoms with Crippen molar-refractivity contribution in [2.45, 2.75) is 12.8 Å². The fraction of sp³-hybridized carbons (Fsp3) is 0.429. The van der Waals surface area contributed by atoms with Crippen LogP contribution in [0.3, 0.4) is 0 Å². The van der Waals surface area contributed by atoms with Gasteiger partial charge in [-0.25, -0.2) is 4.39 Å². The highest BCUT2D eigenvalue weighted by Gasteiger charge is 2.08. The molecule has 1 rings (SSSR count). The lowest BCUT2D eigenvalue weighted by Gasteiger charge is -2.15. The number of hydrogen-bond acceptors (Lipinski definition) is 4. The number of rotatable bonds is 7. The number of nitrogens with two attached hydrogens (primary N) is 1. The van der Waals surface area contributed by atoms with E-state index in [1.54, 1.807) is 7.05 Å². The van der Waals surface area contributed by atoms with E-state index >= 15 is 0 Å². The van der Waals surface area contributed by atoms with Crippen LogP contribution in [0.4, 0.5) is 15.8 Å². The molecule has 0 unspecified atom stereocenters. The second-order valence-corrected chi connectivity index (χ2v) is 4.76. The summed E-state index contributed by atoms with van der Waals surface area (Å²) in [5.41, 5.74) is 5.89. The van der Waals surface area contributed by atoms with Crippen LogP contribution >= 0.6 is 0 Å². The third kappa shape index (κ3) is 6.22. The van der Waals surface area contributed by atoms with Gasteiger partial charge in [0.1, 0.15) is 5.82 Å². The van der Waals surface area contributed by atoms with E-state index in [-0.39, 0.29) is 23.9 Å². The van der Waals surface area contributed by atoms with Gasteiger partial charge < -0.3 is 21.3 Å². The van der Waals surface area contributed by atoms with Crippen LogP contribution in [0.2, 0.25) is 0 Å². The van der Waals surface area contributed by atoms with Crippen molar-refractivity contribution in [2.24, 2.45) is 0 Å². The molecule has 116 valence electrons. The summed E-state index contributed by atoms with van der Waals surface area (Å²) in [7, 11) is 3.43. The smallest absolute Gasteiger partial charge is 0.225 e. The van der Waals surface area contributed by atoms with Crippen molar-refractivity contribution in [1.29, 1.82) is 0 Å². The van der Waals surface area contributed by atoms with Gasteiger partial charge >= 0.3 is 0 Å². The van der Waals surface area contributed by atoms with Gasteiger partial charge in [0.05, 0.1) is 5.69 Å². The highest BCUT2D eigenvalue weighted by molar-refractivity contribution is 5.91. The standard InChI is InChI=1S/C14H21FN4O2/c1-17-13(20)5-7-19(2)8-6-14(21)18-10-3-4-11(15)12(16)9-10/h3-4,9H,5-8,16H2,1-2H3,(H,17,20)(H,18,21). The summed E-state index contributed by atoms with van der Waals surface area (Å²) in [6.45, 7) is 1.11. The van der Waals surface area contributed by atoms with Crippen LogP contribution in [-0.2, 0) is 9.59 Å². The number of halogens is 1. The first-order valence-electron chi connectivity index (χ1n) is 6.66. The molecule has 21 heavy (non-hydrogen) atoms. The van der Waals surface area contributed by atoms with E-state index in [4.69, 9.17) is 5.73 Å². The molecule has 0 saturated carbocycles. The first-order chi connectivity index (χ1) is 9.92. The molecule has 0 aliphatic heterocycles. The molecule has 0 aromatic heterocycles. The first-order valence-corrected chi connectivity index (χ1v) is 6.66. The van der Waals surface area contributed by atoms with Crippen molar-refractivity contribution >= 4 is 23.2 Å². The number of nitrogens with zero attached hydrogens (tertiary/aromatic N) is 1. The monoisotopic (exact) mass is 296 g/mol. The quantitative estimate of drug-likeness (QED) is 0.650. The zero-order valence-corrected chi connectivity index (χ0v) is 12.3. The predicted molar refractivity (Wildman–Crippen MR) is 80.2 cm³/mol. The van der Waals surface area contributed by atoms with Crippen LogP contribution in [-0.4, -0.2) is 43.9 Å². The summed E-state index contributed by atoms with van der Waals surface area (Å²) >= 11 is 0. The van der Waals surface area contributed by atoms with Crippen LogP contribution in [0.15, 0.2) is 18.2 Å². The SMILES string of the molecule is CNC(=O)CCN(C)CCC(=O)Nc1ccc(F)c(N)c1. The van der Waals surface area contributed by atoms with Gasteiger partial charge in [-0.2, -0.15) is 0 Å². The molecular formula is C14H21FN4O2. The van der Waals surface area contributed by atoms with Gasteiger partial charge in [-0.05, 0) is 25.2 Å². The van der Waals surface area contributed by atoms with Gasteiger partial charge in [0, 0.05) is 38.7 Å². The van der Waals surface area contributed by atoms with Crippen molar-refractivity contribution in [2.75, 3.05) is 38.2 Å². The Hall–Kier alpha value is -2.15. The predicted octanol–water partition coefficient (Wildman–Crippen LogP) is 0.804. The minimum atomic E-state index is -0.512.